The van der Waals surface area contributed by atoms with Crippen LogP contribution in [0.1, 0.15) is 51.5 Å². The standard InChI is InChI=1S/C22H33N3O5S/c1-16(2)30-14-4-11-23-22(27)17-9-12-25(13-10-17)31(28,29)19-7-8-20-18(15-19)5-3-6-21(26)24-20/h7-8,15-17H,3-6,9-14H2,1-2H3,(H,23,27)(H,24,26). The summed E-state index contributed by atoms with van der Waals surface area (Å²) < 4.78 is 33.2. The van der Waals surface area contributed by atoms with E-state index in [4.69, 9.17) is 4.74 Å². The summed E-state index contributed by atoms with van der Waals surface area (Å²) in [6.45, 7) is 5.78. The zero-order chi connectivity index (χ0) is 22.4. The van der Waals surface area contributed by atoms with Gasteiger partial charge in [-0.15, -0.1) is 0 Å². The molecule has 8 nitrogen and oxygen atoms in total. The molecule has 0 radical (unpaired) electrons. The van der Waals surface area contributed by atoms with Crippen LogP contribution >= 0.6 is 0 Å². The number of anilines is 1. The molecule has 2 N–H and O–H groups in total. The van der Waals surface area contributed by atoms with E-state index in [1.165, 1.54) is 4.31 Å². The van der Waals surface area contributed by atoms with E-state index in [0.717, 1.165) is 12.0 Å². The molecule has 3 rings (SSSR count). The topological polar surface area (TPSA) is 105 Å². The number of piperidine rings is 1. The normalized spacial score (nSPS) is 18.4. The molecule has 1 saturated heterocycles. The van der Waals surface area contributed by atoms with Crippen LogP contribution in [-0.4, -0.2) is 56.9 Å². The van der Waals surface area contributed by atoms with Gasteiger partial charge in [0.2, 0.25) is 21.8 Å². The van der Waals surface area contributed by atoms with Crippen LogP contribution in [0.4, 0.5) is 5.69 Å². The highest BCUT2D eigenvalue weighted by molar-refractivity contribution is 7.89. The number of aryl methyl sites for hydroxylation is 1. The van der Waals surface area contributed by atoms with Gasteiger partial charge in [0.15, 0.2) is 0 Å². The monoisotopic (exact) mass is 451 g/mol. The molecule has 9 heteroatoms. The van der Waals surface area contributed by atoms with Crippen LogP contribution in [0, 0.1) is 5.92 Å². The van der Waals surface area contributed by atoms with Crippen molar-refractivity contribution in [2.45, 2.75) is 63.4 Å². The van der Waals surface area contributed by atoms with E-state index in [1.807, 2.05) is 13.8 Å². The van der Waals surface area contributed by atoms with Gasteiger partial charge in [0, 0.05) is 44.3 Å². The highest BCUT2D eigenvalue weighted by Gasteiger charge is 2.32. The molecule has 0 saturated carbocycles. The van der Waals surface area contributed by atoms with E-state index in [-0.39, 0.29) is 28.7 Å². The summed E-state index contributed by atoms with van der Waals surface area (Å²) in [7, 11) is -3.63. The van der Waals surface area contributed by atoms with Gasteiger partial charge in [0.25, 0.3) is 0 Å². The molecule has 31 heavy (non-hydrogen) atoms. The number of hydrogen-bond donors (Lipinski definition) is 2. The van der Waals surface area contributed by atoms with Crippen LogP contribution in [-0.2, 0) is 30.8 Å². The minimum atomic E-state index is -3.63. The second-order valence-electron chi connectivity index (χ2n) is 8.46. The fraction of sp³-hybridized carbons (Fsp3) is 0.636. The summed E-state index contributed by atoms with van der Waals surface area (Å²) in [4.78, 5) is 24.3. The average molecular weight is 452 g/mol. The summed E-state index contributed by atoms with van der Waals surface area (Å²) in [6, 6.07) is 4.90. The molecule has 0 unspecified atom stereocenters. The van der Waals surface area contributed by atoms with Crippen LogP contribution in [0.2, 0.25) is 0 Å². The van der Waals surface area contributed by atoms with Gasteiger partial charge in [-0.3, -0.25) is 9.59 Å². The quantitative estimate of drug-likeness (QED) is 0.590. The van der Waals surface area contributed by atoms with Crippen molar-refractivity contribution >= 4 is 27.5 Å². The molecule has 0 bridgehead atoms. The number of benzene rings is 1. The number of nitrogens with one attached hydrogen (secondary N) is 2. The Kier molecular flexibility index (Phi) is 8.07. The van der Waals surface area contributed by atoms with Crippen molar-refractivity contribution < 1.29 is 22.7 Å². The van der Waals surface area contributed by atoms with Crippen molar-refractivity contribution in [3.63, 3.8) is 0 Å². The van der Waals surface area contributed by atoms with Crippen molar-refractivity contribution in [2.75, 3.05) is 31.6 Å². The SMILES string of the molecule is CC(C)OCCCNC(=O)C1CCN(S(=O)(=O)c2ccc3c(c2)CCCC(=O)N3)CC1. The van der Waals surface area contributed by atoms with E-state index in [2.05, 4.69) is 10.6 Å². The number of amides is 2. The number of rotatable bonds is 8. The molecule has 0 spiro atoms. The summed E-state index contributed by atoms with van der Waals surface area (Å²) in [6.07, 6.45) is 3.77. The van der Waals surface area contributed by atoms with Gasteiger partial charge < -0.3 is 15.4 Å². The molecular formula is C22H33N3O5S. The molecule has 2 heterocycles. The minimum absolute atomic E-state index is 0.0117. The lowest BCUT2D eigenvalue weighted by Gasteiger charge is -2.30. The maximum absolute atomic E-state index is 13.1. The maximum atomic E-state index is 13.1. The molecule has 2 aliphatic rings. The number of ether oxygens (including phenoxy) is 1. The Morgan fingerprint density at radius 3 is 2.71 bits per heavy atom. The average Bonchev–Trinajstić information content (AvgIpc) is 2.93. The molecule has 1 fully saturated rings. The van der Waals surface area contributed by atoms with Crippen molar-refractivity contribution in [2.24, 2.45) is 5.92 Å². The molecule has 1 aromatic rings. The van der Waals surface area contributed by atoms with Crippen molar-refractivity contribution in [1.29, 1.82) is 0 Å². The molecule has 2 amide bonds. The van der Waals surface area contributed by atoms with Crippen molar-refractivity contribution in [1.82, 2.24) is 9.62 Å². The number of nitrogens with zero attached hydrogens (tertiary/aromatic N) is 1. The van der Waals surface area contributed by atoms with Gasteiger partial charge in [-0.05, 0) is 69.7 Å². The van der Waals surface area contributed by atoms with E-state index in [9.17, 15) is 18.0 Å². The van der Waals surface area contributed by atoms with Gasteiger partial charge in [-0.25, -0.2) is 8.42 Å². The van der Waals surface area contributed by atoms with Gasteiger partial charge in [0.1, 0.15) is 0 Å². The maximum Gasteiger partial charge on any atom is 0.243 e. The molecule has 2 aliphatic heterocycles. The lowest BCUT2D eigenvalue weighted by atomic mass is 9.97. The first-order valence-electron chi connectivity index (χ1n) is 11.1. The zero-order valence-electron chi connectivity index (χ0n) is 18.4. The van der Waals surface area contributed by atoms with E-state index < -0.39 is 10.0 Å². The molecule has 0 aromatic heterocycles. The smallest absolute Gasteiger partial charge is 0.243 e. The third-order valence-corrected chi connectivity index (χ3v) is 7.63. The van der Waals surface area contributed by atoms with E-state index in [1.54, 1.807) is 18.2 Å². The number of fused-ring (bicyclic) bond motifs is 1. The van der Waals surface area contributed by atoms with Gasteiger partial charge in [-0.2, -0.15) is 4.31 Å². The van der Waals surface area contributed by atoms with Crippen LogP contribution in [0.25, 0.3) is 0 Å². The van der Waals surface area contributed by atoms with Crippen LogP contribution < -0.4 is 10.6 Å². The fourth-order valence-electron chi connectivity index (χ4n) is 3.97. The van der Waals surface area contributed by atoms with Gasteiger partial charge >= 0.3 is 0 Å². The second-order valence-corrected chi connectivity index (χ2v) is 10.4. The van der Waals surface area contributed by atoms with Crippen molar-refractivity contribution in [3.8, 4) is 0 Å². The Morgan fingerprint density at radius 2 is 2.00 bits per heavy atom. The number of carbonyl (C=O) groups excluding carboxylic acids is 2. The first-order valence-corrected chi connectivity index (χ1v) is 12.5. The first kappa shape index (κ1) is 23.7. The Morgan fingerprint density at radius 1 is 1.26 bits per heavy atom. The minimum Gasteiger partial charge on any atom is -0.379 e. The predicted octanol–water partition coefficient (Wildman–Crippen LogP) is 2.29. The highest BCUT2D eigenvalue weighted by atomic mass is 32.2. The van der Waals surface area contributed by atoms with Crippen LogP contribution in [0.3, 0.4) is 0 Å². The highest BCUT2D eigenvalue weighted by Crippen LogP contribution is 2.29. The third kappa shape index (κ3) is 6.27. The lowest BCUT2D eigenvalue weighted by molar-refractivity contribution is -0.126. The fourth-order valence-corrected chi connectivity index (χ4v) is 5.49. The van der Waals surface area contributed by atoms with Crippen LogP contribution in [0.5, 0.6) is 0 Å². The Hall–Kier alpha value is -1.97. The Balaban J connectivity index is 1.53. The second kappa shape index (κ2) is 10.6. The van der Waals surface area contributed by atoms with E-state index in [0.29, 0.717) is 64.0 Å². The van der Waals surface area contributed by atoms with Crippen LogP contribution in [0.15, 0.2) is 23.1 Å². The Labute approximate surface area is 184 Å². The van der Waals surface area contributed by atoms with Gasteiger partial charge in [-0.1, -0.05) is 0 Å². The number of sulfonamides is 1. The molecule has 1 aromatic carbocycles. The van der Waals surface area contributed by atoms with Crippen molar-refractivity contribution in [3.05, 3.63) is 23.8 Å². The third-order valence-electron chi connectivity index (χ3n) is 5.73. The molecule has 172 valence electrons. The Bertz CT molecular complexity index is 892. The zero-order valence-corrected chi connectivity index (χ0v) is 19.2. The summed E-state index contributed by atoms with van der Waals surface area (Å²) >= 11 is 0. The molecule has 0 atom stereocenters. The number of hydrogen-bond acceptors (Lipinski definition) is 5. The largest absolute Gasteiger partial charge is 0.379 e. The summed E-state index contributed by atoms with van der Waals surface area (Å²) in [5.74, 6) is -0.218. The van der Waals surface area contributed by atoms with Gasteiger partial charge in [0.05, 0.1) is 11.0 Å². The lowest BCUT2D eigenvalue weighted by Crippen LogP contribution is -2.43. The van der Waals surface area contributed by atoms with E-state index >= 15 is 0 Å². The molecule has 0 aliphatic carbocycles. The summed E-state index contributed by atoms with van der Waals surface area (Å²) in [5.41, 5.74) is 1.54. The summed E-state index contributed by atoms with van der Waals surface area (Å²) in [5, 5.41) is 5.76. The number of carbonyl (C=O) groups is 2. The molecular weight excluding hydrogens is 418 g/mol. The first-order chi connectivity index (χ1) is 14.8. The predicted molar refractivity (Wildman–Crippen MR) is 118 cm³/mol.